The highest BCUT2D eigenvalue weighted by atomic mass is 32.2. The summed E-state index contributed by atoms with van der Waals surface area (Å²) in [6.07, 6.45) is 0. The third-order valence-electron chi connectivity index (χ3n) is 1.06. The summed E-state index contributed by atoms with van der Waals surface area (Å²) in [5, 5.41) is 0. The van der Waals surface area contributed by atoms with E-state index in [0.717, 1.165) is 3.14 Å². The van der Waals surface area contributed by atoms with Crippen LogP contribution in [0.2, 0.25) is 0 Å². The molecule has 0 radical (unpaired) electrons. The van der Waals surface area contributed by atoms with E-state index >= 15 is 0 Å². The molecule has 0 amide bonds. The molecule has 1 aromatic heterocycles. The molecule has 10 heavy (non-hydrogen) atoms. The van der Waals surface area contributed by atoms with Gasteiger partial charge in [0.1, 0.15) is 3.14 Å². The van der Waals surface area contributed by atoms with Crippen LogP contribution in [0.5, 0.6) is 0 Å². The van der Waals surface area contributed by atoms with E-state index in [4.69, 9.17) is 12.2 Å². The smallest absolute Gasteiger partial charge is 0.105 e. The molecule has 0 saturated heterocycles. The highest BCUT2D eigenvalue weighted by molar-refractivity contribution is 8.21. The molecule has 0 saturated carbocycles. The van der Waals surface area contributed by atoms with Crippen molar-refractivity contribution in [2.45, 2.75) is 19.9 Å². The van der Waals surface area contributed by atoms with Crippen molar-refractivity contribution in [3.63, 3.8) is 0 Å². The Kier molecular flexibility index (Phi) is 2.12. The van der Waals surface area contributed by atoms with Gasteiger partial charge in [-0.15, -0.1) is 22.7 Å². The van der Waals surface area contributed by atoms with Crippen molar-refractivity contribution >= 4 is 58.4 Å². The van der Waals surface area contributed by atoms with Crippen LogP contribution >= 0.6 is 58.4 Å². The molecule has 0 aromatic carbocycles. The Morgan fingerprint density at radius 1 is 1.20 bits per heavy atom. The summed E-state index contributed by atoms with van der Waals surface area (Å²) in [5.74, 6) is 0. The zero-order valence-electron chi connectivity index (χ0n) is 5.12. The number of fused-ring (bicyclic) bond motifs is 1. The van der Waals surface area contributed by atoms with Gasteiger partial charge in [-0.2, -0.15) is 0 Å². The van der Waals surface area contributed by atoms with Gasteiger partial charge < -0.3 is 0 Å². The summed E-state index contributed by atoms with van der Waals surface area (Å²) in [7, 11) is 0. The van der Waals surface area contributed by atoms with Crippen LogP contribution in [0.1, 0.15) is 6.92 Å². The molecule has 0 fully saturated rings. The largest absolute Gasteiger partial charge is 0.145 e. The van der Waals surface area contributed by atoms with E-state index in [1.54, 1.807) is 22.7 Å². The van der Waals surface area contributed by atoms with Gasteiger partial charge in [-0.25, -0.2) is 0 Å². The lowest BCUT2D eigenvalue weighted by Crippen LogP contribution is -1.75. The van der Waals surface area contributed by atoms with Crippen molar-refractivity contribution in [2.24, 2.45) is 0 Å². The van der Waals surface area contributed by atoms with E-state index in [9.17, 15) is 0 Å². The maximum absolute atomic E-state index is 5.07. The SMILES string of the molecule is CC1Sc2sc(=S)sc2S1. The van der Waals surface area contributed by atoms with Crippen molar-refractivity contribution in [3.05, 3.63) is 3.14 Å². The average molecular weight is 224 g/mol. The number of thioether (sulfide) groups is 2. The minimum Gasteiger partial charge on any atom is -0.105 e. The highest BCUT2D eigenvalue weighted by Gasteiger charge is 2.21. The zero-order chi connectivity index (χ0) is 7.14. The lowest BCUT2D eigenvalue weighted by molar-refractivity contribution is 1.44. The monoisotopic (exact) mass is 224 g/mol. The minimum atomic E-state index is 0.702. The summed E-state index contributed by atoms with van der Waals surface area (Å²) in [4.78, 5) is 0. The van der Waals surface area contributed by atoms with E-state index in [0.29, 0.717) is 4.58 Å². The maximum atomic E-state index is 5.07. The van der Waals surface area contributed by atoms with Crippen LogP contribution < -0.4 is 0 Å². The maximum Gasteiger partial charge on any atom is 0.145 e. The quantitative estimate of drug-likeness (QED) is 0.609. The van der Waals surface area contributed by atoms with Gasteiger partial charge in [0, 0.05) is 0 Å². The van der Waals surface area contributed by atoms with E-state index in [-0.39, 0.29) is 0 Å². The van der Waals surface area contributed by atoms with Crippen molar-refractivity contribution in [3.8, 4) is 0 Å². The fraction of sp³-hybridized carbons (Fsp3) is 0.400. The van der Waals surface area contributed by atoms with E-state index in [1.165, 1.54) is 8.42 Å². The van der Waals surface area contributed by atoms with Crippen molar-refractivity contribution in [1.29, 1.82) is 0 Å². The Morgan fingerprint density at radius 3 is 2.20 bits per heavy atom. The van der Waals surface area contributed by atoms with Gasteiger partial charge in [0.2, 0.25) is 0 Å². The van der Waals surface area contributed by atoms with E-state index in [1.807, 2.05) is 23.5 Å². The normalized spacial score (nSPS) is 17.7. The topological polar surface area (TPSA) is 0 Å². The van der Waals surface area contributed by atoms with Gasteiger partial charge in [0.25, 0.3) is 0 Å². The van der Waals surface area contributed by atoms with Crippen molar-refractivity contribution < 1.29 is 0 Å². The van der Waals surface area contributed by atoms with Crippen LogP contribution in [0.3, 0.4) is 0 Å². The molecule has 2 rings (SSSR count). The lowest BCUT2D eigenvalue weighted by Gasteiger charge is -1.93. The summed E-state index contributed by atoms with van der Waals surface area (Å²) in [5.41, 5.74) is 0. The fourth-order valence-electron chi connectivity index (χ4n) is 0.725. The van der Waals surface area contributed by atoms with Gasteiger partial charge in [0.05, 0.1) is 13.0 Å². The summed E-state index contributed by atoms with van der Waals surface area (Å²) in [6, 6.07) is 0. The first-order valence-corrected chi connectivity index (χ1v) is 6.53. The molecule has 0 spiro atoms. The predicted molar refractivity (Wildman–Crippen MR) is 54.2 cm³/mol. The highest BCUT2D eigenvalue weighted by Crippen LogP contribution is 2.53. The molecule has 0 atom stereocenters. The van der Waals surface area contributed by atoms with Gasteiger partial charge in [-0.05, 0) is 6.92 Å². The third kappa shape index (κ3) is 1.30. The zero-order valence-corrected chi connectivity index (χ0v) is 9.20. The molecule has 1 aliphatic rings. The van der Waals surface area contributed by atoms with Gasteiger partial charge in [-0.1, -0.05) is 35.7 Å². The molecule has 1 aliphatic heterocycles. The van der Waals surface area contributed by atoms with Gasteiger partial charge in [-0.3, -0.25) is 0 Å². The first-order valence-electron chi connectivity index (χ1n) is 2.73. The van der Waals surface area contributed by atoms with Crippen molar-refractivity contribution in [2.75, 3.05) is 0 Å². The molecule has 0 unspecified atom stereocenters. The lowest BCUT2D eigenvalue weighted by atomic mass is 11.0. The van der Waals surface area contributed by atoms with E-state index in [2.05, 4.69) is 6.92 Å². The Hall–Kier alpha value is 0.970. The number of rotatable bonds is 0. The Balaban J connectivity index is 2.48. The van der Waals surface area contributed by atoms with Crippen molar-refractivity contribution in [1.82, 2.24) is 0 Å². The van der Waals surface area contributed by atoms with Crippen LogP contribution in [0.4, 0.5) is 0 Å². The molecule has 5 heteroatoms. The Bertz CT molecular complexity index is 269. The van der Waals surface area contributed by atoms with Gasteiger partial charge in [0.15, 0.2) is 0 Å². The van der Waals surface area contributed by atoms with Crippen LogP contribution in [0, 0.1) is 3.14 Å². The molecular weight excluding hydrogens is 220 g/mol. The molecule has 0 N–H and O–H groups in total. The summed E-state index contributed by atoms with van der Waals surface area (Å²) >= 11 is 12.5. The standard InChI is InChI=1S/C5H4S5/c1-2-7-3-4(8-2)10-5(6)9-3/h2H,1H3. The number of hydrogen-bond acceptors (Lipinski definition) is 5. The third-order valence-corrected chi connectivity index (χ3v) is 6.85. The molecule has 54 valence electrons. The first kappa shape index (κ1) is 7.61. The van der Waals surface area contributed by atoms with Crippen LogP contribution in [0.15, 0.2) is 8.42 Å². The molecule has 1 aromatic rings. The first-order chi connectivity index (χ1) is 4.75. The Labute approximate surface area is 81.1 Å². The molecule has 0 nitrogen and oxygen atoms in total. The van der Waals surface area contributed by atoms with Crippen LogP contribution in [0.25, 0.3) is 0 Å². The Morgan fingerprint density at radius 2 is 1.70 bits per heavy atom. The second kappa shape index (κ2) is 2.79. The minimum absolute atomic E-state index is 0.702. The van der Waals surface area contributed by atoms with Crippen LogP contribution in [-0.2, 0) is 0 Å². The second-order valence-corrected chi connectivity index (χ2v) is 8.57. The fourth-order valence-corrected chi connectivity index (χ4v) is 7.75. The summed E-state index contributed by atoms with van der Waals surface area (Å²) < 4.78 is 4.64. The molecule has 0 aliphatic carbocycles. The second-order valence-electron chi connectivity index (χ2n) is 1.83. The number of hydrogen-bond donors (Lipinski definition) is 0. The average Bonchev–Trinajstić information content (AvgIpc) is 2.21. The van der Waals surface area contributed by atoms with Gasteiger partial charge >= 0.3 is 0 Å². The molecule has 2 heterocycles. The predicted octanol–water partition coefficient (Wildman–Crippen LogP) is 4.08. The summed E-state index contributed by atoms with van der Waals surface area (Å²) in [6.45, 7) is 2.23. The van der Waals surface area contributed by atoms with E-state index < -0.39 is 0 Å². The van der Waals surface area contributed by atoms with Crippen LogP contribution in [-0.4, -0.2) is 4.58 Å². The molecule has 0 bridgehead atoms. The molecular formula is C5H4S5.